The van der Waals surface area contributed by atoms with Gasteiger partial charge in [0.05, 0.1) is 0 Å². The Balaban J connectivity index is 2.06. The van der Waals surface area contributed by atoms with E-state index < -0.39 is 0 Å². The van der Waals surface area contributed by atoms with Crippen LogP contribution in [0.3, 0.4) is 0 Å². The summed E-state index contributed by atoms with van der Waals surface area (Å²) in [7, 11) is 0. The summed E-state index contributed by atoms with van der Waals surface area (Å²) in [5.41, 5.74) is 1.02. The fourth-order valence-corrected chi connectivity index (χ4v) is 3.18. The van der Waals surface area contributed by atoms with Gasteiger partial charge in [0.25, 0.3) is 5.91 Å². The molecule has 0 aromatic heterocycles. The minimum absolute atomic E-state index is 0.0711. The Morgan fingerprint density at radius 1 is 1.11 bits per heavy atom. The number of hydrogen-bond acceptors (Lipinski definition) is 1. The Hall–Kier alpha value is -1.31. The van der Waals surface area contributed by atoms with E-state index in [1.165, 1.54) is 19.3 Å². The van der Waals surface area contributed by atoms with Gasteiger partial charge in [-0.15, -0.1) is 0 Å². The molecular weight excluding hydrogens is 234 g/mol. The van der Waals surface area contributed by atoms with Gasteiger partial charge in [0.15, 0.2) is 0 Å². The molecule has 104 valence electrons. The highest BCUT2D eigenvalue weighted by atomic mass is 16.1. The third kappa shape index (κ3) is 3.59. The molecule has 2 heteroatoms. The van der Waals surface area contributed by atoms with Gasteiger partial charge >= 0.3 is 0 Å². The minimum atomic E-state index is 0.0711. The molecule has 1 saturated carbocycles. The van der Waals surface area contributed by atoms with Crippen molar-refractivity contribution < 1.29 is 4.79 Å². The largest absolute Gasteiger partial charge is 0.349 e. The molecule has 0 bridgehead atoms. The van der Waals surface area contributed by atoms with Gasteiger partial charge in [-0.2, -0.15) is 0 Å². The third-order valence-corrected chi connectivity index (χ3v) is 4.23. The maximum atomic E-state index is 12.3. The summed E-state index contributed by atoms with van der Waals surface area (Å²) in [4.78, 5) is 12.3. The van der Waals surface area contributed by atoms with Crippen LogP contribution < -0.4 is 5.32 Å². The Morgan fingerprint density at radius 2 is 1.74 bits per heavy atom. The summed E-state index contributed by atoms with van der Waals surface area (Å²) in [5, 5.41) is 3.25. The topological polar surface area (TPSA) is 29.1 Å². The van der Waals surface area contributed by atoms with E-state index in [4.69, 9.17) is 0 Å². The van der Waals surface area contributed by atoms with Crippen LogP contribution >= 0.6 is 0 Å². The highest BCUT2D eigenvalue weighted by Crippen LogP contribution is 2.38. The number of carbonyl (C=O) groups is 1. The highest BCUT2D eigenvalue weighted by molar-refractivity contribution is 5.94. The summed E-state index contributed by atoms with van der Waals surface area (Å²) in [6, 6.07) is 9.85. The molecular formula is C17H25NO. The van der Waals surface area contributed by atoms with E-state index in [0.717, 1.165) is 12.0 Å². The van der Waals surface area contributed by atoms with Crippen LogP contribution in [-0.4, -0.2) is 11.9 Å². The Bertz CT molecular complexity index is 419. The number of amides is 1. The fourth-order valence-electron chi connectivity index (χ4n) is 3.18. The number of rotatable bonds is 2. The number of carbonyl (C=O) groups excluding carboxylic acids is 1. The van der Waals surface area contributed by atoms with Gasteiger partial charge in [-0.05, 0) is 36.3 Å². The number of hydrogen-bond donors (Lipinski definition) is 1. The summed E-state index contributed by atoms with van der Waals surface area (Å²) >= 11 is 0. The Kier molecular flexibility index (Phi) is 4.28. The minimum Gasteiger partial charge on any atom is -0.349 e. The highest BCUT2D eigenvalue weighted by Gasteiger charge is 2.34. The summed E-state index contributed by atoms with van der Waals surface area (Å²) < 4.78 is 0. The van der Waals surface area contributed by atoms with Crippen LogP contribution in [-0.2, 0) is 0 Å². The molecule has 1 aliphatic carbocycles. The number of benzene rings is 1. The molecule has 0 saturated heterocycles. The molecule has 1 amide bonds. The van der Waals surface area contributed by atoms with Crippen LogP contribution in [0.15, 0.2) is 30.3 Å². The molecule has 1 N–H and O–H groups in total. The van der Waals surface area contributed by atoms with Crippen molar-refractivity contribution in [3.8, 4) is 0 Å². The van der Waals surface area contributed by atoms with Crippen LogP contribution in [0.2, 0.25) is 0 Å². The molecule has 2 nitrogen and oxygen atoms in total. The summed E-state index contributed by atoms with van der Waals surface area (Å²) in [5.74, 6) is 0.649. The molecule has 0 heterocycles. The SMILES string of the molecule is CC(C)(C)C1CCCCC1NC(=O)c1ccccc1. The molecule has 0 spiro atoms. The predicted molar refractivity (Wildman–Crippen MR) is 79.1 cm³/mol. The van der Waals surface area contributed by atoms with Crippen molar-refractivity contribution in [1.29, 1.82) is 0 Å². The second-order valence-corrected chi connectivity index (χ2v) is 6.70. The molecule has 19 heavy (non-hydrogen) atoms. The van der Waals surface area contributed by atoms with Crippen LogP contribution in [0.1, 0.15) is 56.8 Å². The van der Waals surface area contributed by atoms with Crippen LogP contribution in [0.25, 0.3) is 0 Å². The fraction of sp³-hybridized carbons (Fsp3) is 0.588. The zero-order chi connectivity index (χ0) is 13.9. The van der Waals surface area contributed by atoms with Crippen LogP contribution in [0.4, 0.5) is 0 Å². The van der Waals surface area contributed by atoms with Gasteiger partial charge in [-0.25, -0.2) is 0 Å². The van der Waals surface area contributed by atoms with E-state index in [0.29, 0.717) is 12.0 Å². The molecule has 0 radical (unpaired) electrons. The van der Waals surface area contributed by atoms with Crippen molar-refractivity contribution >= 4 is 5.91 Å². The monoisotopic (exact) mass is 259 g/mol. The van der Waals surface area contributed by atoms with Gasteiger partial charge in [-0.3, -0.25) is 4.79 Å². The zero-order valence-electron chi connectivity index (χ0n) is 12.3. The zero-order valence-corrected chi connectivity index (χ0v) is 12.3. The van der Waals surface area contributed by atoms with E-state index in [-0.39, 0.29) is 11.3 Å². The predicted octanol–water partition coefficient (Wildman–Crippen LogP) is 4.02. The maximum Gasteiger partial charge on any atom is 0.251 e. The van der Waals surface area contributed by atoms with E-state index >= 15 is 0 Å². The van der Waals surface area contributed by atoms with Crippen molar-refractivity contribution in [3.05, 3.63) is 35.9 Å². The third-order valence-electron chi connectivity index (χ3n) is 4.23. The molecule has 2 rings (SSSR count). The van der Waals surface area contributed by atoms with Crippen LogP contribution in [0.5, 0.6) is 0 Å². The van der Waals surface area contributed by atoms with E-state index in [2.05, 4.69) is 26.1 Å². The van der Waals surface area contributed by atoms with Crippen LogP contribution in [0, 0.1) is 11.3 Å². The molecule has 1 aliphatic rings. The molecule has 0 aliphatic heterocycles. The van der Waals surface area contributed by atoms with Crippen molar-refractivity contribution in [3.63, 3.8) is 0 Å². The first-order valence-electron chi connectivity index (χ1n) is 7.34. The first-order valence-corrected chi connectivity index (χ1v) is 7.34. The van der Waals surface area contributed by atoms with Crippen molar-refractivity contribution in [2.75, 3.05) is 0 Å². The molecule has 2 unspecified atom stereocenters. The van der Waals surface area contributed by atoms with E-state index in [1.54, 1.807) is 0 Å². The standard InChI is InChI=1S/C17H25NO/c1-17(2,3)14-11-7-8-12-15(14)18-16(19)13-9-5-4-6-10-13/h4-6,9-10,14-15H,7-8,11-12H2,1-3H3,(H,18,19). The second kappa shape index (κ2) is 5.77. The lowest BCUT2D eigenvalue weighted by Gasteiger charge is -2.40. The Morgan fingerprint density at radius 3 is 2.37 bits per heavy atom. The van der Waals surface area contributed by atoms with Gasteiger partial charge in [0.2, 0.25) is 0 Å². The molecule has 2 atom stereocenters. The quantitative estimate of drug-likeness (QED) is 0.854. The normalized spacial score (nSPS) is 23.9. The lowest BCUT2D eigenvalue weighted by atomic mass is 9.69. The van der Waals surface area contributed by atoms with Gasteiger partial charge in [-0.1, -0.05) is 51.8 Å². The average Bonchev–Trinajstić information content (AvgIpc) is 2.39. The first kappa shape index (κ1) is 14.1. The van der Waals surface area contributed by atoms with E-state index in [1.807, 2.05) is 30.3 Å². The van der Waals surface area contributed by atoms with Gasteiger partial charge in [0.1, 0.15) is 0 Å². The lowest BCUT2D eigenvalue weighted by molar-refractivity contribution is 0.0830. The van der Waals surface area contributed by atoms with Crippen molar-refractivity contribution in [1.82, 2.24) is 5.32 Å². The second-order valence-electron chi connectivity index (χ2n) is 6.70. The summed E-state index contributed by atoms with van der Waals surface area (Å²) in [6.07, 6.45) is 4.86. The van der Waals surface area contributed by atoms with Crippen molar-refractivity contribution in [2.24, 2.45) is 11.3 Å². The molecule has 1 aromatic rings. The smallest absolute Gasteiger partial charge is 0.251 e. The average molecular weight is 259 g/mol. The van der Waals surface area contributed by atoms with Crippen molar-refractivity contribution in [2.45, 2.75) is 52.5 Å². The first-order chi connectivity index (χ1) is 8.98. The van der Waals surface area contributed by atoms with Gasteiger partial charge in [0, 0.05) is 11.6 Å². The molecule has 1 aromatic carbocycles. The molecule has 1 fully saturated rings. The van der Waals surface area contributed by atoms with Gasteiger partial charge < -0.3 is 5.32 Å². The van der Waals surface area contributed by atoms with E-state index in [9.17, 15) is 4.79 Å². The number of nitrogens with one attached hydrogen (secondary N) is 1. The summed E-state index contributed by atoms with van der Waals surface area (Å²) in [6.45, 7) is 6.85. The maximum absolute atomic E-state index is 12.3. The lowest BCUT2D eigenvalue weighted by Crippen LogP contribution is -2.46. The Labute approximate surface area is 116 Å².